The number of H-pyrrole nitrogens is 1. The van der Waals surface area contributed by atoms with Crippen LogP contribution >= 0.6 is 0 Å². The Morgan fingerprint density at radius 1 is 1.04 bits per heavy atom. The van der Waals surface area contributed by atoms with E-state index in [0.717, 1.165) is 5.39 Å². The summed E-state index contributed by atoms with van der Waals surface area (Å²) in [6.07, 6.45) is 0. The summed E-state index contributed by atoms with van der Waals surface area (Å²) in [5, 5.41) is 11.8. The number of non-ortho nitro benzene ring substituents is 1. The van der Waals surface area contributed by atoms with Crippen molar-refractivity contribution in [2.75, 3.05) is 0 Å². The average molecular weight is 334 g/mol. The Kier molecular flexibility index (Phi) is 3.17. The number of nitro benzene ring substituents is 1. The third kappa shape index (κ3) is 2.36. The summed E-state index contributed by atoms with van der Waals surface area (Å²) in [4.78, 5) is 40.5. The lowest BCUT2D eigenvalue weighted by Crippen LogP contribution is -2.27. The van der Waals surface area contributed by atoms with Gasteiger partial charge in [-0.3, -0.25) is 24.5 Å². The molecule has 0 amide bonds. The molecule has 0 aliphatic carbocycles. The second-order valence-corrected chi connectivity index (χ2v) is 5.42. The first kappa shape index (κ1) is 14.8. The van der Waals surface area contributed by atoms with Crippen LogP contribution in [-0.4, -0.2) is 19.5 Å². The zero-order chi connectivity index (χ0) is 17.6. The molecule has 2 heterocycles. The molecule has 0 radical (unpaired) electrons. The minimum Gasteiger partial charge on any atom is -0.293 e. The Labute approximate surface area is 139 Å². The maximum absolute atomic E-state index is 12.2. The van der Waals surface area contributed by atoms with E-state index in [2.05, 4.69) is 9.97 Å². The number of hydrogen-bond donors (Lipinski definition) is 1. The Balaban J connectivity index is 2.20. The average Bonchev–Trinajstić information content (AvgIpc) is 2.60. The monoisotopic (exact) mass is 334 g/mol. The molecule has 8 nitrogen and oxygen atoms in total. The Morgan fingerprint density at radius 2 is 1.84 bits per heavy atom. The van der Waals surface area contributed by atoms with Crippen LogP contribution in [0.25, 0.3) is 28.0 Å². The molecule has 1 N–H and O–H groups in total. The van der Waals surface area contributed by atoms with Crippen molar-refractivity contribution < 1.29 is 4.92 Å². The molecule has 2 aliphatic heterocycles. The number of aromatic nitrogens is 3. The molecule has 25 heavy (non-hydrogen) atoms. The number of nitro groups is 1. The number of pyridine rings is 1. The van der Waals surface area contributed by atoms with Gasteiger partial charge in [-0.1, -0.05) is 24.3 Å². The van der Waals surface area contributed by atoms with E-state index < -0.39 is 16.2 Å². The van der Waals surface area contributed by atoms with Crippen LogP contribution in [0.3, 0.4) is 0 Å². The molecule has 0 atom stereocenters. The summed E-state index contributed by atoms with van der Waals surface area (Å²) in [7, 11) is 0. The number of nitrogens with one attached hydrogen (secondary N) is 1. The molecule has 2 aromatic rings. The van der Waals surface area contributed by atoms with Crippen LogP contribution in [0.1, 0.15) is 0 Å². The molecule has 0 bridgehead atoms. The van der Waals surface area contributed by atoms with Gasteiger partial charge in [-0.2, -0.15) is 4.98 Å². The van der Waals surface area contributed by atoms with Gasteiger partial charge < -0.3 is 0 Å². The van der Waals surface area contributed by atoms with Crippen LogP contribution in [-0.2, 0) is 0 Å². The minimum atomic E-state index is -0.771. The molecular weight excluding hydrogens is 324 g/mol. The summed E-state index contributed by atoms with van der Waals surface area (Å²) in [5.41, 5.74) is -0.0866. The number of fused-ring (bicyclic) bond motifs is 2. The lowest BCUT2D eigenvalue weighted by atomic mass is 10.1. The Bertz CT molecular complexity index is 1230. The molecule has 2 aromatic carbocycles. The van der Waals surface area contributed by atoms with E-state index in [-0.39, 0.29) is 17.1 Å². The minimum absolute atomic E-state index is 0.0988. The summed E-state index contributed by atoms with van der Waals surface area (Å²) in [6, 6.07) is 14.8. The van der Waals surface area contributed by atoms with Crippen molar-refractivity contribution in [1.82, 2.24) is 14.5 Å². The largest absolute Gasteiger partial charge is 0.349 e. The molecule has 2 aliphatic rings. The van der Waals surface area contributed by atoms with E-state index in [4.69, 9.17) is 0 Å². The summed E-state index contributed by atoms with van der Waals surface area (Å²) in [6.45, 7) is 0. The van der Waals surface area contributed by atoms with Gasteiger partial charge in [-0.05, 0) is 23.6 Å². The van der Waals surface area contributed by atoms with Gasteiger partial charge in [-0.25, -0.2) is 4.79 Å². The highest BCUT2D eigenvalue weighted by atomic mass is 16.6. The highest BCUT2D eigenvalue weighted by Crippen LogP contribution is 2.28. The van der Waals surface area contributed by atoms with Crippen molar-refractivity contribution in [1.29, 1.82) is 0 Å². The van der Waals surface area contributed by atoms with Gasteiger partial charge in [0.15, 0.2) is 5.82 Å². The fourth-order valence-corrected chi connectivity index (χ4v) is 2.84. The molecule has 0 unspecified atom stereocenters. The topological polar surface area (TPSA) is 111 Å². The molecule has 0 spiro atoms. The van der Waals surface area contributed by atoms with Crippen LogP contribution in [0.2, 0.25) is 0 Å². The van der Waals surface area contributed by atoms with Gasteiger partial charge in [0.2, 0.25) is 0 Å². The maximum Gasteiger partial charge on any atom is 0.349 e. The zero-order valence-corrected chi connectivity index (χ0v) is 12.7. The predicted octanol–water partition coefficient (Wildman–Crippen LogP) is 2.09. The van der Waals surface area contributed by atoms with Gasteiger partial charge in [0.25, 0.3) is 11.2 Å². The maximum atomic E-state index is 12.2. The van der Waals surface area contributed by atoms with E-state index in [1.807, 2.05) is 12.1 Å². The lowest BCUT2D eigenvalue weighted by molar-refractivity contribution is -0.384. The highest BCUT2D eigenvalue weighted by molar-refractivity contribution is 5.87. The Hall–Kier alpha value is -3.81. The SMILES string of the molecule is O=c1nc2n(-c3cccc([N+](=O)[O-])c3)c3ccccc3cc-2c(=O)[nH]1. The second-order valence-electron chi connectivity index (χ2n) is 5.42. The van der Waals surface area contributed by atoms with Crippen LogP contribution in [0, 0.1) is 10.1 Å². The molecule has 122 valence electrons. The normalized spacial score (nSPS) is 11.0. The summed E-state index contributed by atoms with van der Waals surface area (Å²) in [5.74, 6) is 0.146. The number of aromatic amines is 1. The zero-order valence-electron chi connectivity index (χ0n) is 12.7. The van der Waals surface area contributed by atoms with Crippen molar-refractivity contribution >= 4 is 16.6 Å². The van der Waals surface area contributed by atoms with E-state index in [1.165, 1.54) is 12.1 Å². The lowest BCUT2D eigenvalue weighted by Gasteiger charge is -2.17. The van der Waals surface area contributed by atoms with E-state index in [1.54, 1.807) is 34.9 Å². The number of benzene rings is 2. The van der Waals surface area contributed by atoms with Crippen molar-refractivity contribution in [2.45, 2.75) is 0 Å². The quantitative estimate of drug-likeness (QED) is 0.343. The number of nitrogens with zero attached hydrogens (tertiary/aromatic N) is 3. The number of para-hydroxylation sites is 1. The molecular formula is C17H10N4O4. The Morgan fingerprint density at radius 3 is 2.64 bits per heavy atom. The smallest absolute Gasteiger partial charge is 0.293 e. The van der Waals surface area contributed by atoms with Crippen LogP contribution in [0.4, 0.5) is 5.69 Å². The van der Waals surface area contributed by atoms with Crippen molar-refractivity contribution in [3.63, 3.8) is 0 Å². The molecule has 4 rings (SSSR count). The van der Waals surface area contributed by atoms with Crippen molar-refractivity contribution in [2.24, 2.45) is 0 Å². The van der Waals surface area contributed by atoms with Gasteiger partial charge >= 0.3 is 5.69 Å². The standard InChI is InChI=1S/C17H10N4O4/c22-16-13-8-10-4-1-2-7-14(10)20(15(13)18-17(23)19-16)11-5-3-6-12(9-11)21(24)25/h1-9H,(H,19,22,23). The van der Waals surface area contributed by atoms with Gasteiger partial charge in [0.05, 0.1) is 21.7 Å². The highest BCUT2D eigenvalue weighted by Gasteiger charge is 2.19. The molecule has 0 saturated heterocycles. The van der Waals surface area contributed by atoms with Crippen LogP contribution < -0.4 is 11.2 Å². The molecule has 0 fully saturated rings. The first-order valence-corrected chi connectivity index (χ1v) is 7.34. The molecule has 0 aromatic heterocycles. The van der Waals surface area contributed by atoms with Gasteiger partial charge in [0.1, 0.15) is 0 Å². The predicted molar refractivity (Wildman–Crippen MR) is 91.2 cm³/mol. The van der Waals surface area contributed by atoms with Gasteiger partial charge in [-0.15, -0.1) is 0 Å². The summed E-state index contributed by atoms with van der Waals surface area (Å²) < 4.78 is 1.58. The molecule has 0 saturated carbocycles. The fraction of sp³-hybridized carbons (Fsp3) is 0. The third-order valence-corrected chi connectivity index (χ3v) is 3.90. The van der Waals surface area contributed by atoms with Gasteiger partial charge in [0, 0.05) is 12.1 Å². The first-order chi connectivity index (χ1) is 12.0. The molecule has 8 heteroatoms. The number of rotatable bonds is 2. The van der Waals surface area contributed by atoms with Crippen LogP contribution in [0.5, 0.6) is 0 Å². The fourth-order valence-electron chi connectivity index (χ4n) is 2.84. The van der Waals surface area contributed by atoms with Crippen LogP contribution in [0.15, 0.2) is 64.2 Å². The second kappa shape index (κ2) is 5.38. The summed E-state index contributed by atoms with van der Waals surface area (Å²) >= 11 is 0. The van der Waals surface area contributed by atoms with E-state index in [9.17, 15) is 19.7 Å². The number of hydrogen-bond acceptors (Lipinski definition) is 5. The van der Waals surface area contributed by atoms with Crippen molar-refractivity contribution in [3.05, 3.63) is 85.5 Å². The van der Waals surface area contributed by atoms with E-state index >= 15 is 0 Å². The third-order valence-electron chi connectivity index (χ3n) is 3.90. The van der Waals surface area contributed by atoms with Crippen molar-refractivity contribution in [3.8, 4) is 17.1 Å². The van der Waals surface area contributed by atoms with E-state index in [0.29, 0.717) is 11.2 Å². The first-order valence-electron chi connectivity index (χ1n) is 7.34.